The summed E-state index contributed by atoms with van der Waals surface area (Å²) >= 11 is 6.07. The van der Waals surface area contributed by atoms with E-state index in [0.29, 0.717) is 11.4 Å². The lowest BCUT2D eigenvalue weighted by Crippen LogP contribution is -2.52. The van der Waals surface area contributed by atoms with Gasteiger partial charge in [0.2, 0.25) is 21.8 Å². The van der Waals surface area contributed by atoms with Gasteiger partial charge in [0.05, 0.1) is 11.9 Å². The van der Waals surface area contributed by atoms with E-state index in [1.54, 1.807) is 24.3 Å². The zero-order valence-corrected chi connectivity index (χ0v) is 25.5. The molecule has 11 heteroatoms. The molecule has 7 nitrogen and oxygen atoms in total. The molecule has 0 unspecified atom stereocenters. The van der Waals surface area contributed by atoms with Crippen LogP contribution < -0.4 is 9.62 Å². The highest BCUT2D eigenvalue weighted by molar-refractivity contribution is 7.92. The van der Waals surface area contributed by atoms with Crippen molar-refractivity contribution in [3.63, 3.8) is 0 Å². The van der Waals surface area contributed by atoms with Gasteiger partial charge >= 0.3 is 0 Å². The normalized spacial score (nSPS) is 12.8. The number of halogens is 3. The fraction of sp³-hybridized carbons (Fsp3) is 0.355. The summed E-state index contributed by atoms with van der Waals surface area (Å²) in [7, 11) is -3.86. The zero-order valence-electron chi connectivity index (χ0n) is 23.9. The molecule has 1 N–H and O–H groups in total. The highest BCUT2D eigenvalue weighted by Crippen LogP contribution is 2.22. The highest BCUT2D eigenvalue weighted by Gasteiger charge is 2.31. The minimum Gasteiger partial charge on any atom is -0.352 e. The molecule has 0 aliphatic rings. The second kappa shape index (κ2) is 15.1. The van der Waals surface area contributed by atoms with E-state index in [-0.39, 0.29) is 55.9 Å². The van der Waals surface area contributed by atoms with E-state index in [9.17, 15) is 26.8 Å². The van der Waals surface area contributed by atoms with E-state index in [1.165, 1.54) is 11.0 Å². The first-order valence-corrected chi connectivity index (χ1v) is 15.9. The van der Waals surface area contributed by atoms with Crippen molar-refractivity contribution in [2.45, 2.75) is 58.2 Å². The van der Waals surface area contributed by atoms with Crippen molar-refractivity contribution in [3.05, 3.63) is 101 Å². The highest BCUT2D eigenvalue weighted by atomic mass is 35.5. The van der Waals surface area contributed by atoms with Crippen LogP contribution in [0.2, 0.25) is 5.02 Å². The number of benzene rings is 3. The smallest absolute Gasteiger partial charge is 0.243 e. The number of carbonyl (C=O) groups excluding carboxylic acids is 2. The van der Waals surface area contributed by atoms with E-state index in [1.807, 2.05) is 44.2 Å². The molecule has 42 heavy (non-hydrogen) atoms. The Hall–Kier alpha value is -3.50. The van der Waals surface area contributed by atoms with E-state index in [0.717, 1.165) is 33.8 Å². The van der Waals surface area contributed by atoms with Gasteiger partial charge in [0.25, 0.3) is 0 Å². The molecule has 0 aromatic heterocycles. The molecule has 0 aliphatic heterocycles. The number of carbonyl (C=O) groups is 2. The summed E-state index contributed by atoms with van der Waals surface area (Å²) in [5.41, 5.74) is 1.59. The van der Waals surface area contributed by atoms with Gasteiger partial charge in [-0.15, -0.1) is 0 Å². The van der Waals surface area contributed by atoms with E-state index in [4.69, 9.17) is 11.6 Å². The summed E-state index contributed by atoms with van der Waals surface area (Å²) in [6, 6.07) is 18.2. The molecule has 226 valence electrons. The van der Waals surface area contributed by atoms with Crippen molar-refractivity contribution in [2.24, 2.45) is 0 Å². The van der Waals surface area contributed by atoms with Gasteiger partial charge in [0.1, 0.15) is 6.04 Å². The van der Waals surface area contributed by atoms with Gasteiger partial charge in [-0.05, 0) is 55.2 Å². The van der Waals surface area contributed by atoms with Gasteiger partial charge < -0.3 is 10.2 Å². The SMILES string of the molecule is CC[C@H](C)NC(=O)[C@H](Cc1ccccc1)N(Cc1ccc(Cl)cc1)C(=O)CCCN(c1ccc(F)c(F)c1)S(C)(=O)=O. The van der Waals surface area contributed by atoms with Crippen LogP contribution in [0.25, 0.3) is 0 Å². The first kappa shape index (κ1) is 33.0. The molecule has 2 amide bonds. The lowest BCUT2D eigenvalue weighted by molar-refractivity contribution is -0.141. The van der Waals surface area contributed by atoms with Gasteiger partial charge in [-0.25, -0.2) is 17.2 Å². The average molecular weight is 620 g/mol. The van der Waals surface area contributed by atoms with Crippen molar-refractivity contribution in [3.8, 4) is 0 Å². The second-order valence-electron chi connectivity index (χ2n) is 10.2. The Labute approximate surface area is 251 Å². The van der Waals surface area contributed by atoms with E-state index >= 15 is 0 Å². The predicted molar refractivity (Wildman–Crippen MR) is 162 cm³/mol. The monoisotopic (exact) mass is 619 g/mol. The van der Waals surface area contributed by atoms with E-state index in [2.05, 4.69) is 5.32 Å². The van der Waals surface area contributed by atoms with E-state index < -0.39 is 27.7 Å². The Morgan fingerprint density at radius 2 is 1.62 bits per heavy atom. The number of amides is 2. The summed E-state index contributed by atoms with van der Waals surface area (Å²) in [5.74, 6) is -2.93. The van der Waals surface area contributed by atoms with Crippen molar-refractivity contribution < 1.29 is 26.8 Å². The topological polar surface area (TPSA) is 86.8 Å². The minimum atomic E-state index is -3.86. The van der Waals surface area contributed by atoms with Crippen LogP contribution >= 0.6 is 11.6 Å². The van der Waals surface area contributed by atoms with Crippen LogP contribution in [0.1, 0.15) is 44.2 Å². The Balaban J connectivity index is 1.89. The summed E-state index contributed by atoms with van der Waals surface area (Å²) in [6.45, 7) is 3.82. The molecular formula is C31H36ClF2N3O4S. The summed E-state index contributed by atoms with van der Waals surface area (Å²) in [5, 5.41) is 3.53. The number of sulfonamides is 1. The lowest BCUT2D eigenvalue weighted by atomic mass is 10.0. The fourth-order valence-electron chi connectivity index (χ4n) is 4.43. The molecule has 0 saturated heterocycles. The maximum atomic E-state index is 13.9. The number of hydrogen-bond donors (Lipinski definition) is 1. The third-order valence-corrected chi connectivity index (χ3v) is 8.33. The van der Waals surface area contributed by atoms with Crippen LogP contribution in [0, 0.1) is 11.6 Å². The second-order valence-corrected chi connectivity index (χ2v) is 12.6. The molecule has 0 fully saturated rings. The minimum absolute atomic E-state index is 0.0447. The van der Waals surface area contributed by atoms with Crippen molar-refractivity contribution in [1.82, 2.24) is 10.2 Å². The van der Waals surface area contributed by atoms with Gasteiger partial charge in [-0.2, -0.15) is 0 Å². The maximum Gasteiger partial charge on any atom is 0.243 e. The van der Waals surface area contributed by atoms with Gasteiger partial charge in [-0.3, -0.25) is 13.9 Å². The molecule has 3 aromatic carbocycles. The standard InChI is InChI=1S/C31H36ClF2N3O4S/c1-4-22(2)35-31(39)29(19-23-9-6-5-7-10-23)36(21-24-12-14-25(32)15-13-24)30(38)11-8-18-37(42(3,40)41)26-16-17-27(33)28(34)20-26/h5-7,9-10,12-17,20,22,29H,4,8,11,18-19,21H2,1-3H3,(H,35,39)/t22-,29-/m0/s1. The molecule has 0 spiro atoms. The molecule has 0 heterocycles. The van der Waals surface area contributed by atoms with Crippen molar-refractivity contribution in [2.75, 3.05) is 17.1 Å². The number of nitrogens with one attached hydrogen (secondary N) is 1. The maximum absolute atomic E-state index is 13.9. The van der Waals surface area contributed by atoms with Crippen LogP contribution in [0.3, 0.4) is 0 Å². The number of anilines is 1. The van der Waals surface area contributed by atoms with Crippen LogP contribution in [-0.2, 0) is 32.6 Å². The third-order valence-electron chi connectivity index (χ3n) is 6.88. The molecule has 0 aliphatic carbocycles. The first-order valence-electron chi connectivity index (χ1n) is 13.7. The van der Waals surface area contributed by atoms with Crippen LogP contribution in [0.15, 0.2) is 72.8 Å². The van der Waals surface area contributed by atoms with Crippen LogP contribution in [-0.4, -0.2) is 50.0 Å². The Kier molecular flexibility index (Phi) is 11.9. The number of hydrogen-bond acceptors (Lipinski definition) is 4. The molecule has 0 bridgehead atoms. The van der Waals surface area contributed by atoms with Gasteiger partial charge in [0, 0.05) is 43.1 Å². The summed E-state index contributed by atoms with van der Waals surface area (Å²) in [4.78, 5) is 28.9. The number of rotatable bonds is 14. The van der Waals surface area contributed by atoms with Crippen molar-refractivity contribution >= 4 is 39.1 Å². The lowest BCUT2D eigenvalue weighted by Gasteiger charge is -2.32. The summed E-state index contributed by atoms with van der Waals surface area (Å²) in [6.07, 6.45) is 1.92. The first-order chi connectivity index (χ1) is 19.9. The molecule has 0 radical (unpaired) electrons. The molecule has 3 aromatic rings. The third kappa shape index (κ3) is 9.52. The quantitative estimate of drug-likeness (QED) is 0.250. The molecule has 3 rings (SSSR count). The average Bonchev–Trinajstić information content (AvgIpc) is 2.95. The number of nitrogens with zero attached hydrogens (tertiary/aromatic N) is 2. The largest absolute Gasteiger partial charge is 0.352 e. The van der Waals surface area contributed by atoms with Crippen LogP contribution in [0.5, 0.6) is 0 Å². The zero-order chi connectivity index (χ0) is 30.9. The Morgan fingerprint density at radius 3 is 2.21 bits per heavy atom. The van der Waals surface area contributed by atoms with Gasteiger partial charge in [-0.1, -0.05) is 61.0 Å². The van der Waals surface area contributed by atoms with Gasteiger partial charge in [0.15, 0.2) is 11.6 Å². The summed E-state index contributed by atoms with van der Waals surface area (Å²) < 4.78 is 53.3. The fourth-order valence-corrected chi connectivity index (χ4v) is 5.51. The van der Waals surface area contributed by atoms with Crippen molar-refractivity contribution in [1.29, 1.82) is 0 Å². The Bertz CT molecular complexity index is 1460. The van der Waals surface area contributed by atoms with Crippen LogP contribution in [0.4, 0.5) is 14.5 Å². The molecular weight excluding hydrogens is 584 g/mol. The molecule has 0 saturated carbocycles. The Morgan fingerprint density at radius 1 is 0.952 bits per heavy atom. The molecule has 2 atom stereocenters. The predicted octanol–water partition coefficient (Wildman–Crippen LogP) is 5.72.